The second kappa shape index (κ2) is 6.18. The number of esters is 1. The third-order valence-corrected chi connectivity index (χ3v) is 4.62. The molecule has 0 radical (unpaired) electrons. The number of likely N-dealkylation sites (tertiary alicyclic amines) is 1. The fraction of sp³-hybridized carbons (Fsp3) is 0.611. The zero-order valence-corrected chi connectivity index (χ0v) is 13.7. The molecule has 1 aliphatic heterocycles. The van der Waals surface area contributed by atoms with Crippen molar-refractivity contribution in [1.29, 1.82) is 0 Å². The quantitative estimate of drug-likeness (QED) is 0.793. The van der Waals surface area contributed by atoms with Crippen LogP contribution in [0.15, 0.2) is 30.3 Å². The molecule has 0 saturated carbocycles. The number of piperidine rings is 1. The molecule has 0 aliphatic carbocycles. The number of ether oxygens (including phenoxy) is 1. The number of hydrogen-bond acceptors (Lipinski definition) is 3. The fourth-order valence-corrected chi connectivity index (χ4v) is 2.70. The molecule has 21 heavy (non-hydrogen) atoms. The Morgan fingerprint density at radius 1 is 1.19 bits per heavy atom. The topological polar surface area (TPSA) is 29.5 Å². The van der Waals surface area contributed by atoms with Crippen LogP contribution in [0, 0.1) is 5.41 Å². The van der Waals surface area contributed by atoms with E-state index in [2.05, 4.69) is 18.7 Å². The van der Waals surface area contributed by atoms with Gasteiger partial charge in [0.05, 0.1) is 0 Å². The Morgan fingerprint density at radius 2 is 1.76 bits per heavy atom. The summed E-state index contributed by atoms with van der Waals surface area (Å²) in [5, 5.41) is 0. The van der Waals surface area contributed by atoms with Gasteiger partial charge in [-0.05, 0) is 50.8 Å². The SMILES string of the molecule is CC1(C)CCN(C(C)(C)C(=O)OCc2ccccc2)CC1. The van der Waals surface area contributed by atoms with Crippen LogP contribution in [0.5, 0.6) is 0 Å². The lowest BCUT2D eigenvalue weighted by atomic mass is 9.81. The average Bonchev–Trinajstić information content (AvgIpc) is 2.45. The summed E-state index contributed by atoms with van der Waals surface area (Å²) in [6, 6.07) is 9.83. The van der Waals surface area contributed by atoms with E-state index in [0.717, 1.165) is 31.5 Å². The normalized spacial score (nSPS) is 19.2. The standard InChI is InChI=1S/C18H27NO2/c1-17(2)10-12-19(13-11-17)18(3,4)16(20)21-14-15-8-6-5-7-9-15/h5-9H,10-14H2,1-4H3. The van der Waals surface area contributed by atoms with E-state index >= 15 is 0 Å². The van der Waals surface area contributed by atoms with Crippen molar-refractivity contribution >= 4 is 5.97 Å². The van der Waals surface area contributed by atoms with Crippen LogP contribution in [0.3, 0.4) is 0 Å². The van der Waals surface area contributed by atoms with Gasteiger partial charge in [-0.15, -0.1) is 0 Å². The van der Waals surface area contributed by atoms with E-state index in [-0.39, 0.29) is 5.97 Å². The highest BCUT2D eigenvalue weighted by Crippen LogP contribution is 2.33. The van der Waals surface area contributed by atoms with E-state index in [1.165, 1.54) is 0 Å². The highest BCUT2D eigenvalue weighted by molar-refractivity contribution is 5.79. The lowest BCUT2D eigenvalue weighted by Gasteiger charge is -2.43. The van der Waals surface area contributed by atoms with E-state index in [1.807, 2.05) is 44.2 Å². The van der Waals surface area contributed by atoms with E-state index < -0.39 is 5.54 Å². The molecule has 3 heteroatoms. The molecule has 2 rings (SSSR count). The van der Waals surface area contributed by atoms with Crippen molar-refractivity contribution in [3.05, 3.63) is 35.9 Å². The van der Waals surface area contributed by atoms with Gasteiger partial charge in [0.1, 0.15) is 12.1 Å². The van der Waals surface area contributed by atoms with Crippen molar-refractivity contribution in [2.75, 3.05) is 13.1 Å². The second-order valence-corrected chi connectivity index (χ2v) is 7.27. The first-order chi connectivity index (χ1) is 9.81. The van der Waals surface area contributed by atoms with Gasteiger partial charge in [-0.1, -0.05) is 44.2 Å². The van der Waals surface area contributed by atoms with Crippen LogP contribution in [0.2, 0.25) is 0 Å². The summed E-state index contributed by atoms with van der Waals surface area (Å²) in [4.78, 5) is 14.7. The Bertz CT molecular complexity index is 469. The summed E-state index contributed by atoms with van der Waals surface area (Å²) in [5.74, 6) is -0.133. The fourth-order valence-electron chi connectivity index (χ4n) is 2.70. The lowest BCUT2D eigenvalue weighted by molar-refractivity contribution is -0.159. The first-order valence-corrected chi connectivity index (χ1v) is 7.77. The van der Waals surface area contributed by atoms with E-state index in [1.54, 1.807) is 0 Å². The van der Waals surface area contributed by atoms with E-state index in [4.69, 9.17) is 4.74 Å². The first-order valence-electron chi connectivity index (χ1n) is 7.77. The number of carbonyl (C=O) groups excluding carboxylic acids is 1. The van der Waals surface area contributed by atoms with Crippen molar-refractivity contribution < 1.29 is 9.53 Å². The van der Waals surface area contributed by atoms with Gasteiger partial charge >= 0.3 is 5.97 Å². The summed E-state index contributed by atoms with van der Waals surface area (Å²) >= 11 is 0. The third kappa shape index (κ3) is 4.07. The monoisotopic (exact) mass is 289 g/mol. The zero-order chi connectivity index (χ0) is 15.5. The van der Waals surface area contributed by atoms with Gasteiger partial charge in [-0.3, -0.25) is 9.69 Å². The number of benzene rings is 1. The van der Waals surface area contributed by atoms with E-state index in [0.29, 0.717) is 12.0 Å². The summed E-state index contributed by atoms with van der Waals surface area (Å²) in [5.41, 5.74) is 0.868. The molecule has 0 atom stereocenters. The number of rotatable bonds is 4. The van der Waals surface area contributed by atoms with Crippen LogP contribution < -0.4 is 0 Å². The molecule has 116 valence electrons. The van der Waals surface area contributed by atoms with Gasteiger partial charge in [-0.2, -0.15) is 0 Å². The maximum absolute atomic E-state index is 12.4. The van der Waals surface area contributed by atoms with Gasteiger partial charge in [0.2, 0.25) is 0 Å². The molecule has 1 fully saturated rings. The predicted molar refractivity (Wildman–Crippen MR) is 84.9 cm³/mol. The largest absolute Gasteiger partial charge is 0.459 e. The Balaban J connectivity index is 1.91. The number of carbonyl (C=O) groups is 1. The average molecular weight is 289 g/mol. The Morgan fingerprint density at radius 3 is 2.33 bits per heavy atom. The van der Waals surface area contributed by atoms with Crippen molar-refractivity contribution in [3.63, 3.8) is 0 Å². The molecule has 0 unspecified atom stereocenters. The van der Waals surface area contributed by atoms with Crippen molar-refractivity contribution in [3.8, 4) is 0 Å². The van der Waals surface area contributed by atoms with Crippen molar-refractivity contribution in [2.45, 2.75) is 52.7 Å². The van der Waals surface area contributed by atoms with Gasteiger partial charge in [0.25, 0.3) is 0 Å². The first kappa shape index (κ1) is 16.0. The predicted octanol–water partition coefficient (Wildman–Crippen LogP) is 3.63. The Kier molecular flexibility index (Phi) is 4.72. The summed E-state index contributed by atoms with van der Waals surface area (Å²) in [7, 11) is 0. The molecule has 0 spiro atoms. The van der Waals surface area contributed by atoms with Gasteiger partial charge in [0, 0.05) is 0 Å². The molecule has 1 saturated heterocycles. The molecule has 0 amide bonds. The van der Waals surface area contributed by atoms with Crippen LogP contribution in [0.1, 0.15) is 46.1 Å². The van der Waals surface area contributed by atoms with Crippen LogP contribution in [-0.2, 0) is 16.1 Å². The van der Waals surface area contributed by atoms with Gasteiger partial charge in [-0.25, -0.2) is 0 Å². The second-order valence-electron chi connectivity index (χ2n) is 7.27. The van der Waals surface area contributed by atoms with Crippen LogP contribution in [-0.4, -0.2) is 29.5 Å². The molecule has 3 nitrogen and oxygen atoms in total. The maximum atomic E-state index is 12.4. The summed E-state index contributed by atoms with van der Waals surface area (Å²) in [6.45, 7) is 10.8. The molecule has 0 N–H and O–H groups in total. The van der Waals surface area contributed by atoms with Crippen LogP contribution in [0.25, 0.3) is 0 Å². The molecule has 0 aromatic heterocycles. The van der Waals surface area contributed by atoms with Crippen molar-refractivity contribution in [2.24, 2.45) is 5.41 Å². The minimum atomic E-state index is -0.550. The molecule has 1 heterocycles. The summed E-state index contributed by atoms with van der Waals surface area (Å²) < 4.78 is 5.52. The van der Waals surface area contributed by atoms with Gasteiger partial charge < -0.3 is 4.74 Å². The highest BCUT2D eigenvalue weighted by atomic mass is 16.5. The highest BCUT2D eigenvalue weighted by Gasteiger charge is 2.39. The molecule has 0 bridgehead atoms. The van der Waals surface area contributed by atoms with Crippen molar-refractivity contribution in [1.82, 2.24) is 4.90 Å². The maximum Gasteiger partial charge on any atom is 0.326 e. The molecule has 1 aromatic carbocycles. The Labute approximate surface area is 128 Å². The minimum absolute atomic E-state index is 0.133. The van der Waals surface area contributed by atoms with Crippen LogP contribution >= 0.6 is 0 Å². The minimum Gasteiger partial charge on any atom is -0.459 e. The number of hydrogen-bond donors (Lipinski definition) is 0. The molecule has 1 aromatic rings. The summed E-state index contributed by atoms with van der Waals surface area (Å²) in [6.07, 6.45) is 2.25. The molecular weight excluding hydrogens is 262 g/mol. The Hall–Kier alpha value is -1.35. The molecule has 1 aliphatic rings. The lowest BCUT2D eigenvalue weighted by Crippen LogP contribution is -2.54. The van der Waals surface area contributed by atoms with Crippen LogP contribution in [0.4, 0.5) is 0 Å². The van der Waals surface area contributed by atoms with E-state index in [9.17, 15) is 4.79 Å². The molecular formula is C18H27NO2. The zero-order valence-electron chi connectivity index (χ0n) is 13.7. The smallest absolute Gasteiger partial charge is 0.326 e. The number of nitrogens with zero attached hydrogens (tertiary/aromatic N) is 1. The third-order valence-electron chi connectivity index (χ3n) is 4.62. The van der Waals surface area contributed by atoms with Gasteiger partial charge in [0.15, 0.2) is 0 Å².